The summed E-state index contributed by atoms with van der Waals surface area (Å²) in [6.45, 7) is 1.86. The van der Waals surface area contributed by atoms with Gasteiger partial charge in [-0.15, -0.1) is 0 Å². The SMILES string of the molecule is CCC(N)CSS(=O)(=O)O. The van der Waals surface area contributed by atoms with Crippen molar-refractivity contribution in [1.82, 2.24) is 0 Å². The summed E-state index contributed by atoms with van der Waals surface area (Å²) in [5, 5.41) is 0. The third kappa shape index (κ3) is 6.34. The Bertz CT molecular complexity index is 177. The number of nitrogens with two attached hydrogens (primary N) is 1. The van der Waals surface area contributed by atoms with Crippen LogP contribution in [0.5, 0.6) is 0 Å². The highest BCUT2D eigenvalue weighted by atomic mass is 33.1. The lowest BCUT2D eigenvalue weighted by atomic mass is 10.3. The molecule has 0 bridgehead atoms. The molecule has 0 spiro atoms. The molecule has 6 heteroatoms. The van der Waals surface area contributed by atoms with Crippen LogP contribution in [0.2, 0.25) is 0 Å². The molecule has 0 rings (SSSR count). The van der Waals surface area contributed by atoms with Crippen molar-refractivity contribution in [3.05, 3.63) is 0 Å². The van der Waals surface area contributed by atoms with Crippen molar-refractivity contribution < 1.29 is 13.0 Å². The van der Waals surface area contributed by atoms with Gasteiger partial charge in [0.25, 0.3) is 0 Å². The van der Waals surface area contributed by atoms with Crippen molar-refractivity contribution in [3.8, 4) is 0 Å². The average molecular weight is 185 g/mol. The number of hydrogen-bond acceptors (Lipinski definition) is 4. The Morgan fingerprint density at radius 2 is 2.20 bits per heavy atom. The second-order valence-corrected chi connectivity index (χ2v) is 5.28. The molecular formula is C4H11NO3S2. The van der Waals surface area contributed by atoms with Gasteiger partial charge in [-0.25, -0.2) is 0 Å². The first-order valence-corrected chi connectivity index (χ1v) is 5.77. The maximum absolute atomic E-state index is 10.1. The van der Waals surface area contributed by atoms with Crippen molar-refractivity contribution in [2.45, 2.75) is 19.4 Å². The molecule has 0 aromatic heterocycles. The van der Waals surface area contributed by atoms with E-state index in [4.69, 9.17) is 10.3 Å². The van der Waals surface area contributed by atoms with Crippen LogP contribution < -0.4 is 5.73 Å². The first kappa shape index (κ1) is 10.2. The predicted molar refractivity (Wildman–Crippen MR) is 42.3 cm³/mol. The van der Waals surface area contributed by atoms with E-state index in [0.29, 0.717) is 17.2 Å². The van der Waals surface area contributed by atoms with Crippen LogP contribution in [0.15, 0.2) is 0 Å². The molecule has 0 saturated heterocycles. The zero-order chi connectivity index (χ0) is 8.20. The van der Waals surface area contributed by atoms with Gasteiger partial charge in [0.05, 0.1) is 0 Å². The summed E-state index contributed by atoms with van der Waals surface area (Å²) in [6.07, 6.45) is 0.711. The maximum atomic E-state index is 10.1. The van der Waals surface area contributed by atoms with E-state index in [2.05, 4.69) is 0 Å². The fraction of sp³-hybridized carbons (Fsp3) is 1.00. The van der Waals surface area contributed by atoms with Crippen molar-refractivity contribution >= 4 is 19.9 Å². The molecule has 4 nitrogen and oxygen atoms in total. The summed E-state index contributed by atoms with van der Waals surface area (Å²) in [4.78, 5) is 0. The van der Waals surface area contributed by atoms with Gasteiger partial charge >= 0.3 is 9.15 Å². The summed E-state index contributed by atoms with van der Waals surface area (Å²) in [6, 6.07) is -0.160. The van der Waals surface area contributed by atoms with Crippen molar-refractivity contribution in [2.75, 3.05) is 5.75 Å². The minimum atomic E-state index is -3.89. The number of hydrogen-bond donors (Lipinski definition) is 2. The summed E-state index contributed by atoms with van der Waals surface area (Å²) in [5.41, 5.74) is 5.38. The van der Waals surface area contributed by atoms with E-state index in [1.165, 1.54) is 0 Å². The van der Waals surface area contributed by atoms with Crippen LogP contribution in [0.4, 0.5) is 0 Å². The van der Waals surface area contributed by atoms with Gasteiger partial charge in [0.15, 0.2) is 0 Å². The Morgan fingerprint density at radius 1 is 1.70 bits per heavy atom. The Balaban J connectivity index is 3.56. The van der Waals surface area contributed by atoms with Gasteiger partial charge in [0.2, 0.25) is 0 Å². The smallest absolute Gasteiger partial charge is 0.319 e. The Hall–Kier alpha value is 0.220. The molecule has 0 amide bonds. The Labute approximate surface area is 64.3 Å². The lowest BCUT2D eigenvalue weighted by Gasteiger charge is -2.04. The fourth-order valence-corrected chi connectivity index (χ4v) is 1.91. The van der Waals surface area contributed by atoms with Crippen molar-refractivity contribution in [3.63, 3.8) is 0 Å². The first-order valence-electron chi connectivity index (χ1n) is 2.83. The van der Waals surface area contributed by atoms with Gasteiger partial charge in [-0.3, -0.25) is 4.55 Å². The summed E-state index contributed by atoms with van der Waals surface area (Å²) < 4.78 is 28.5. The van der Waals surface area contributed by atoms with Crippen LogP contribution in [-0.4, -0.2) is 24.8 Å². The summed E-state index contributed by atoms with van der Waals surface area (Å²) in [7, 11) is -3.42. The summed E-state index contributed by atoms with van der Waals surface area (Å²) in [5.74, 6) is 0.245. The molecule has 1 unspecified atom stereocenters. The zero-order valence-corrected chi connectivity index (χ0v) is 7.28. The molecule has 10 heavy (non-hydrogen) atoms. The molecule has 0 aliphatic carbocycles. The molecule has 62 valence electrons. The van der Waals surface area contributed by atoms with Crippen LogP contribution in [-0.2, 0) is 9.15 Å². The topological polar surface area (TPSA) is 80.4 Å². The number of rotatable bonds is 4. The molecule has 0 fully saturated rings. The largest absolute Gasteiger partial charge is 0.327 e. The highest BCUT2D eigenvalue weighted by molar-refractivity contribution is 8.69. The highest BCUT2D eigenvalue weighted by Crippen LogP contribution is 2.10. The minimum Gasteiger partial charge on any atom is -0.327 e. The molecule has 1 atom stereocenters. The van der Waals surface area contributed by atoms with Gasteiger partial charge in [-0.05, 0) is 17.2 Å². The van der Waals surface area contributed by atoms with E-state index in [0.717, 1.165) is 0 Å². The Kier molecular flexibility index (Phi) is 4.26. The second-order valence-electron chi connectivity index (χ2n) is 1.88. The van der Waals surface area contributed by atoms with E-state index in [1.807, 2.05) is 6.92 Å². The lowest BCUT2D eigenvalue weighted by molar-refractivity contribution is 0.502. The van der Waals surface area contributed by atoms with Gasteiger partial charge < -0.3 is 5.73 Å². The molecule has 0 aromatic carbocycles. The van der Waals surface area contributed by atoms with E-state index in [1.54, 1.807) is 0 Å². The lowest BCUT2D eigenvalue weighted by Crippen LogP contribution is -2.22. The maximum Gasteiger partial charge on any atom is 0.319 e. The van der Waals surface area contributed by atoms with Crippen LogP contribution in [0, 0.1) is 0 Å². The van der Waals surface area contributed by atoms with E-state index in [9.17, 15) is 8.42 Å². The molecule has 0 aliphatic heterocycles. The molecule has 0 aromatic rings. The van der Waals surface area contributed by atoms with E-state index >= 15 is 0 Å². The predicted octanol–water partition coefficient (Wildman–Crippen LogP) is 0.260. The van der Waals surface area contributed by atoms with Gasteiger partial charge in [-0.1, -0.05) is 6.92 Å². The van der Waals surface area contributed by atoms with Crippen molar-refractivity contribution in [2.24, 2.45) is 5.73 Å². The summed E-state index contributed by atoms with van der Waals surface area (Å²) >= 11 is 0. The molecular weight excluding hydrogens is 174 g/mol. The van der Waals surface area contributed by atoms with Crippen LogP contribution in [0.1, 0.15) is 13.3 Å². The average Bonchev–Trinajstić information content (AvgIpc) is 1.81. The molecule has 0 saturated carbocycles. The highest BCUT2D eigenvalue weighted by Gasteiger charge is 2.07. The fourth-order valence-electron chi connectivity index (χ4n) is 0.291. The quantitative estimate of drug-likeness (QED) is 0.485. The third-order valence-corrected chi connectivity index (χ3v) is 3.12. The standard InChI is InChI=1S/C4H11NO3S2/c1-2-4(5)3-9-10(6,7)8/h4H,2-3,5H2,1H3,(H,6,7,8). The van der Waals surface area contributed by atoms with E-state index in [-0.39, 0.29) is 11.8 Å². The second kappa shape index (κ2) is 4.17. The monoisotopic (exact) mass is 185 g/mol. The molecule has 0 radical (unpaired) electrons. The molecule has 0 heterocycles. The van der Waals surface area contributed by atoms with Gasteiger partial charge in [0.1, 0.15) is 0 Å². The third-order valence-electron chi connectivity index (χ3n) is 0.955. The van der Waals surface area contributed by atoms with Crippen LogP contribution in [0.3, 0.4) is 0 Å². The zero-order valence-electron chi connectivity index (χ0n) is 5.65. The first-order chi connectivity index (χ1) is 4.45. The van der Waals surface area contributed by atoms with Gasteiger partial charge in [0, 0.05) is 11.8 Å². The molecule has 3 N–H and O–H groups in total. The van der Waals surface area contributed by atoms with Crippen LogP contribution in [0.25, 0.3) is 0 Å². The minimum absolute atomic E-state index is 0.160. The Morgan fingerprint density at radius 3 is 2.50 bits per heavy atom. The van der Waals surface area contributed by atoms with E-state index < -0.39 is 9.15 Å². The normalized spacial score (nSPS) is 15.1. The van der Waals surface area contributed by atoms with Crippen molar-refractivity contribution in [1.29, 1.82) is 0 Å². The van der Waals surface area contributed by atoms with Gasteiger partial charge in [-0.2, -0.15) is 8.42 Å². The molecule has 0 aliphatic rings. The van der Waals surface area contributed by atoms with Crippen LogP contribution >= 0.6 is 10.8 Å².